The third-order valence-corrected chi connectivity index (χ3v) is 4.78. The van der Waals surface area contributed by atoms with Crippen LogP contribution < -0.4 is 5.32 Å². The molecule has 0 spiro atoms. The number of hydrogen-bond donors (Lipinski definition) is 2. The molecule has 1 unspecified atom stereocenters. The highest BCUT2D eigenvalue weighted by Crippen LogP contribution is 2.34. The topological polar surface area (TPSA) is 58.0 Å². The second-order valence-corrected chi connectivity index (χ2v) is 7.06. The summed E-state index contributed by atoms with van der Waals surface area (Å²) in [6, 6.07) is 2.14. The van der Waals surface area contributed by atoms with Gasteiger partial charge in [0.05, 0.1) is 0 Å². The molecule has 2 rings (SSSR count). The first-order valence-electron chi connectivity index (χ1n) is 6.43. The van der Waals surface area contributed by atoms with E-state index in [4.69, 9.17) is 5.11 Å². The summed E-state index contributed by atoms with van der Waals surface area (Å²) in [6.07, 6.45) is 0.774. The van der Waals surface area contributed by atoms with E-state index in [0.29, 0.717) is 11.2 Å². The molecule has 0 radical (unpaired) electrons. The van der Waals surface area contributed by atoms with Crippen molar-refractivity contribution >= 4 is 39.3 Å². The molecule has 2 aromatic rings. The monoisotopic (exact) mass is 297 g/mol. The molecule has 19 heavy (non-hydrogen) atoms. The maximum Gasteiger partial charge on any atom is 0.225 e. The molecule has 0 fully saturated rings. The van der Waals surface area contributed by atoms with E-state index < -0.39 is 0 Å². The Bertz CT molecular complexity index is 556. The molecule has 0 amide bonds. The Kier molecular flexibility index (Phi) is 5.01. The molecular formula is C13H19N3OS2. The summed E-state index contributed by atoms with van der Waals surface area (Å²) in [5.74, 6) is 0.690. The molecule has 0 aliphatic rings. The summed E-state index contributed by atoms with van der Waals surface area (Å²) in [5, 5.41) is 14.7. The summed E-state index contributed by atoms with van der Waals surface area (Å²) in [7, 11) is 0. The van der Waals surface area contributed by atoms with Crippen molar-refractivity contribution in [3.05, 3.63) is 10.9 Å². The molecule has 0 saturated carbocycles. The molecule has 0 aliphatic heterocycles. The van der Waals surface area contributed by atoms with Crippen molar-refractivity contribution in [2.24, 2.45) is 0 Å². The summed E-state index contributed by atoms with van der Waals surface area (Å²) in [5.41, 5.74) is 0. The second-order valence-electron chi connectivity index (χ2n) is 4.40. The predicted octanol–water partition coefficient (Wildman–Crippen LogP) is 3.29. The first kappa shape index (κ1) is 14.6. The van der Waals surface area contributed by atoms with E-state index in [1.807, 2.05) is 6.92 Å². The highest BCUT2D eigenvalue weighted by Gasteiger charge is 2.13. The number of aryl methyl sites for hydroxylation is 1. The Morgan fingerprint density at radius 2 is 2.26 bits per heavy atom. The van der Waals surface area contributed by atoms with Crippen LogP contribution >= 0.6 is 23.1 Å². The van der Waals surface area contributed by atoms with Crippen LogP contribution in [0.5, 0.6) is 0 Å². The van der Waals surface area contributed by atoms with Crippen LogP contribution in [0.3, 0.4) is 0 Å². The van der Waals surface area contributed by atoms with Gasteiger partial charge in [0.1, 0.15) is 9.86 Å². The number of nitrogens with one attached hydrogen (secondary N) is 1. The lowest BCUT2D eigenvalue weighted by Gasteiger charge is -2.10. The lowest BCUT2D eigenvalue weighted by molar-refractivity contribution is 0.289. The molecular weight excluding hydrogens is 278 g/mol. The van der Waals surface area contributed by atoms with Crippen molar-refractivity contribution in [2.45, 2.75) is 37.5 Å². The van der Waals surface area contributed by atoms with Gasteiger partial charge in [-0.2, -0.15) is 0 Å². The lowest BCUT2D eigenvalue weighted by atomic mass is 10.3. The molecule has 2 heterocycles. The SMILES string of the molecule is CCNc1nc(SC(C)CCO)c2cc(C)sc2n1. The van der Waals surface area contributed by atoms with Gasteiger partial charge in [-0.3, -0.25) is 0 Å². The van der Waals surface area contributed by atoms with Crippen LogP contribution in [0.25, 0.3) is 10.2 Å². The molecule has 6 heteroatoms. The van der Waals surface area contributed by atoms with Crippen LogP contribution in [-0.2, 0) is 0 Å². The standard InChI is InChI=1S/C13H19N3OS2/c1-4-14-13-15-11(18-8(2)5-6-17)10-7-9(3)19-12(10)16-13/h7-8,17H,4-6H2,1-3H3,(H,14,15,16). The average Bonchev–Trinajstić information content (AvgIpc) is 2.70. The van der Waals surface area contributed by atoms with Gasteiger partial charge >= 0.3 is 0 Å². The van der Waals surface area contributed by atoms with Crippen molar-refractivity contribution in [2.75, 3.05) is 18.5 Å². The highest BCUT2D eigenvalue weighted by molar-refractivity contribution is 8.00. The van der Waals surface area contributed by atoms with Gasteiger partial charge in [-0.1, -0.05) is 6.92 Å². The minimum atomic E-state index is 0.213. The number of aliphatic hydroxyl groups is 1. The van der Waals surface area contributed by atoms with Gasteiger partial charge in [0, 0.05) is 28.7 Å². The van der Waals surface area contributed by atoms with Gasteiger partial charge in [0.2, 0.25) is 5.95 Å². The normalized spacial score (nSPS) is 12.8. The van der Waals surface area contributed by atoms with Gasteiger partial charge in [-0.05, 0) is 26.3 Å². The van der Waals surface area contributed by atoms with E-state index in [-0.39, 0.29) is 6.61 Å². The Balaban J connectivity index is 2.37. The predicted molar refractivity (Wildman–Crippen MR) is 83.3 cm³/mol. The van der Waals surface area contributed by atoms with Crippen molar-refractivity contribution in [3.63, 3.8) is 0 Å². The molecule has 0 aliphatic carbocycles. The van der Waals surface area contributed by atoms with Crippen LogP contribution in [0.15, 0.2) is 11.1 Å². The van der Waals surface area contributed by atoms with Gasteiger partial charge in [0.15, 0.2) is 0 Å². The Hall–Kier alpha value is -0.850. The van der Waals surface area contributed by atoms with Crippen molar-refractivity contribution in [1.29, 1.82) is 0 Å². The van der Waals surface area contributed by atoms with Crippen LogP contribution in [0.1, 0.15) is 25.1 Å². The van der Waals surface area contributed by atoms with E-state index in [9.17, 15) is 0 Å². The number of fused-ring (bicyclic) bond motifs is 1. The van der Waals surface area contributed by atoms with Crippen LogP contribution in [0, 0.1) is 6.92 Å². The fourth-order valence-electron chi connectivity index (χ4n) is 1.77. The van der Waals surface area contributed by atoms with Gasteiger partial charge < -0.3 is 10.4 Å². The zero-order chi connectivity index (χ0) is 13.8. The molecule has 1 atom stereocenters. The number of thiophene rings is 1. The maximum absolute atomic E-state index is 9.01. The molecule has 0 aromatic carbocycles. The van der Waals surface area contributed by atoms with Crippen LogP contribution in [0.4, 0.5) is 5.95 Å². The van der Waals surface area contributed by atoms with E-state index >= 15 is 0 Å². The fraction of sp³-hybridized carbons (Fsp3) is 0.538. The van der Waals surface area contributed by atoms with E-state index in [0.717, 1.165) is 28.2 Å². The second kappa shape index (κ2) is 6.54. The quantitative estimate of drug-likeness (QED) is 0.633. The number of aliphatic hydroxyl groups excluding tert-OH is 1. The molecule has 2 aromatic heterocycles. The molecule has 4 nitrogen and oxygen atoms in total. The van der Waals surface area contributed by atoms with Gasteiger partial charge in [0.25, 0.3) is 0 Å². The fourth-order valence-corrected chi connectivity index (χ4v) is 3.74. The molecule has 104 valence electrons. The van der Waals surface area contributed by atoms with Crippen molar-refractivity contribution in [3.8, 4) is 0 Å². The van der Waals surface area contributed by atoms with Crippen molar-refractivity contribution < 1.29 is 5.11 Å². The first-order chi connectivity index (χ1) is 9.13. The van der Waals surface area contributed by atoms with E-state index in [1.165, 1.54) is 4.88 Å². The van der Waals surface area contributed by atoms with Crippen LogP contribution in [0.2, 0.25) is 0 Å². The van der Waals surface area contributed by atoms with Crippen LogP contribution in [-0.4, -0.2) is 33.5 Å². The summed E-state index contributed by atoms with van der Waals surface area (Å²) >= 11 is 3.40. The number of thioether (sulfide) groups is 1. The number of hydrogen-bond acceptors (Lipinski definition) is 6. The Morgan fingerprint density at radius 1 is 1.47 bits per heavy atom. The Labute approximate surface area is 121 Å². The number of aromatic nitrogens is 2. The first-order valence-corrected chi connectivity index (χ1v) is 8.13. The smallest absolute Gasteiger partial charge is 0.225 e. The largest absolute Gasteiger partial charge is 0.396 e. The number of anilines is 1. The summed E-state index contributed by atoms with van der Waals surface area (Å²) in [6.45, 7) is 7.26. The minimum absolute atomic E-state index is 0.213. The zero-order valence-corrected chi connectivity index (χ0v) is 13.1. The molecule has 0 saturated heterocycles. The number of nitrogens with zero attached hydrogens (tertiary/aromatic N) is 2. The third-order valence-electron chi connectivity index (χ3n) is 2.66. The zero-order valence-electron chi connectivity index (χ0n) is 11.4. The molecule has 0 bridgehead atoms. The van der Waals surface area contributed by atoms with Crippen molar-refractivity contribution in [1.82, 2.24) is 9.97 Å². The molecule has 2 N–H and O–H groups in total. The van der Waals surface area contributed by atoms with Gasteiger partial charge in [-0.15, -0.1) is 23.1 Å². The number of rotatable bonds is 6. The average molecular weight is 297 g/mol. The van der Waals surface area contributed by atoms with E-state index in [1.54, 1.807) is 23.1 Å². The lowest BCUT2D eigenvalue weighted by Crippen LogP contribution is -2.04. The highest BCUT2D eigenvalue weighted by atomic mass is 32.2. The minimum Gasteiger partial charge on any atom is -0.396 e. The maximum atomic E-state index is 9.01. The Morgan fingerprint density at radius 3 is 2.95 bits per heavy atom. The third kappa shape index (κ3) is 3.58. The van der Waals surface area contributed by atoms with Gasteiger partial charge in [-0.25, -0.2) is 9.97 Å². The van der Waals surface area contributed by atoms with E-state index in [2.05, 4.69) is 35.2 Å². The summed E-state index contributed by atoms with van der Waals surface area (Å²) in [4.78, 5) is 11.4. The summed E-state index contributed by atoms with van der Waals surface area (Å²) < 4.78 is 0.